The Kier molecular flexibility index (Phi) is 5.69. The highest BCUT2D eigenvalue weighted by Gasteiger charge is 2.40. The number of aryl methyl sites for hydroxylation is 1. The number of carboxylic acid groups (broad SMARTS) is 1. The Hall–Kier alpha value is -3.87. The van der Waals surface area contributed by atoms with Gasteiger partial charge in [-0.15, -0.1) is 0 Å². The molecule has 0 atom stereocenters. The van der Waals surface area contributed by atoms with Crippen LogP contribution >= 0.6 is 0 Å². The normalized spacial score (nSPS) is 15.0. The summed E-state index contributed by atoms with van der Waals surface area (Å²) in [6.07, 6.45) is 4.45. The minimum absolute atomic E-state index is 0.00505. The molecule has 0 saturated heterocycles. The van der Waals surface area contributed by atoms with E-state index in [0.29, 0.717) is 29.0 Å². The molecule has 2 fully saturated rings. The Morgan fingerprint density at radius 2 is 1.59 bits per heavy atom. The monoisotopic (exact) mass is 459 g/mol. The number of amides is 2. The molecular formula is C27H26FN3O3. The summed E-state index contributed by atoms with van der Waals surface area (Å²) in [6.45, 7) is 1.98. The second kappa shape index (κ2) is 8.82. The number of carbonyl (C=O) groups excluding carboxylic acids is 1. The number of benzene rings is 3. The molecule has 5 rings (SSSR count). The first-order chi connectivity index (χ1) is 16.4. The van der Waals surface area contributed by atoms with Crippen molar-refractivity contribution in [1.29, 1.82) is 0 Å². The zero-order valence-electron chi connectivity index (χ0n) is 18.8. The summed E-state index contributed by atoms with van der Waals surface area (Å²) in [5, 5.41) is 15.4. The molecule has 3 N–H and O–H groups in total. The van der Waals surface area contributed by atoms with Crippen molar-refractivity contribution in [2.75, 3.05) is 15.5 Å². The summed E-state index contributed by atoms with van der Waals surface area (Å²) in [4.78, 5) is 27.0. The van der Waals surface area contributed by atoms with Gasteiger partial charge in [-0.1, -0.05) is 23.8 Å². The lowest BCUT2D eigenvalue weighted by atomic mass is 9.98. The van der Waals surface area contributed by atoms with Gasteiger partial charge in [0.25, 0.3) is 0 Å². The number of nitrogens with zero attached hydrogens (tertiary/aromatic N) is 1. The molecule has 6 nitrogen and oxygen atoms in total. The lowest BCUT2D eigenvalue weighted by Gasteiger charge is -2.28. The van der Waals surface area contributed by atoms with Crippen molar-refractivity contribution in [1.82, 2.24) is 0 Å². The summed E-state index contributed by atoms with van der Waals surface area (Å²) in [5.41, 5.74) is 4.03. The minimum Gasteiger partial charge on any atom is -0.478 e. The largest absolute Gasteiger partial charge is 0.478 e. The van der Waals surface area contributed by atoms with Crippen LogP contribution in [0, 0.1) is 12.7 Å². The predicted molar refractivity (Wildman–Crippen MR) is 131 cm³/mol. The molecule has 174 valence electrons. The number of rotatable bonds is 7. The molecule has 2 saturated carbocycles. The van der Waals surface area contributed by atoms with Gasteiger partial charge in [0.15, 0.2) is 0 Å². The molecule has 3 aromatic carbocycles. The first-order valence-electron chi connectivity index (χ1n) is 11.5. The SMILES string of the molecule is Cc1ccc(NC(=O)Nc2cc(-c3cc(F)ccc3C(=O)O)ccc2N(C2CC2)C2CC2)cc1. The number of carbonyl (C=O) groups is 2. The van der Waals surface area contributed by atoms with Crippen LogP contribution in [0.15, 0.2) is 60.7 Å². The Morgan fingerprint density at radius 3 is 2.21 bits per heavy atom. The van der Waals surface area contributed by atoms with Gasteiger partial charge in [-0.3, -0.25) is 0 Å². The van der Waals surface area contributed by atoms with Crippen LogP contribution in [-0.2, 0) is 0 Å². The van der Waals surface area contributed by atoms with Gasteiger partial charge in [-0.25, -0.2) is 14.0 Å². The van der Waals surface area contributed by atoms with Crippen molar-refractivity contribution >= 4 is 29.1 Å². The Balaban J connectivity index is 1.52. The molecule has 2 amide bonds. The molecule has 34 heavy (non-hydrogen) atoms. The number of hydrogen-bond donors (Lipinski definition) is 3. The quantitative estimate of drug-likeness (QED) is 0.389. The second-order valence-corrected chi connectivity index (χ2v) is 9.04. The second-order valence-electron chi connectivity index (χ2n) is 9.04. The van der Waals surface area contributed by atoms with Gasteiger partial charge in [0.05, 0.1) is 16.9 Å². The van der Waals surface area contributed by atoms with E-state index in [9.17, 15) is 19.1 Å². The molecule has 3 aromatic rings. The van der Waals surface area contributed by atoms with Crippen LogP contribution in [-0.4, -0.2) is 29.2 Å². The van der Waals surface area contributed by atoms with Crippen LogP contribution in [0.25, 0.3) is 11.1 Å². The molecule has 2 aliphatic carbocycles. The van der Waals surface area contributed by atoms with Crippen LogP contribution in [0.4, 0.5) is 26.2 Å². The fourth-order valence-corrected chi connectivity index (χ4v) is 4.29. The molecule has 0 heterocycles. The van der Waals surface area contributed by atoms with E-state index in [1.807, 2.05) is 37.3 Å². The van der Waals surface area contributed by atoms with Gasteiger partial charge >= 0.3 is 12.0 Å². The van der Waals surface area contributed by atoms with Crippen molar-refractivity contribution in [2.24, 2.45) is 0 Å². The van der Waals surface area contributed by atoms with E-state index in [0.717, 1.165) is 43.0 Å². The van der Waals surface area contributed by atoms with Gasteiger partial charge in [-0.2, -0.15) is 0 Å². The van der Waals surface area contributed by atoms with Crippen molar-refractivity contribution in [2.45, 2.75) is 44.7 Å². The van der Waals surface area contributed by atoms with Crippen LogP contribution in [0.5, 0.6) is 0 Å². The first kappa shape index (κ1) is 21.9. The van der Waals surface area contributed by atoms with Crippen molar-refractivity contribution in [3.63, 3.8) is 0 Å². The summed E-state index contributed by atoms with van der Waals surface area (Å²) in [7, 11) is 0. The molecular weight excluding hydrogens is 433 g/mol. The molecule has 7 heteroatoms. The topological polar surface area (TPSA) is 81.7 Å². The van der Waals surface area contributed by atoms with Gasteiger partial charge in [0.2, 0.25) is 0 Å². The maximum absolute atomic E-state index is 14.0. The highest BCUT2D eigenvalue weighted by atomic mass is 19.1. The molecule has 0 radical (unpaired) electrons. The summed E-state index contributed by atoms with van der Waals surface area (Å²) < 4.78 is 14.0. The Morgan fingerprint density at radius 1 is 0.912 bits per heavy atom. The molecule has 0 aliphatic heterocycles. The summed E-state index contributed by atoms with van der Waals surface area (Å²) in [5.74, 6) is -1.66. The molecule has 0 unspecified atom stereocenters. The van der Waals surface area contributed by atoms with Crippen molar-refractivity contribution in [3.8, 4) is 11.1 Å². The Labute approximate surface area is 197 Å². The van der Waals surface area contributed by atoms with Crippen LogP contribution in [0.3, 0.4) is 0 Å². The third-order valence-electron chi connectivity index (χ3n) is 6.24. The van der Waals surface area contributed by atoms with E-state index in [1.165, 1.54) is 12.1 Å². The molecule has 0 aromatic heterocycles. The van der Waals surface area contributed by atoms with Gasteiger partial charge in [-0.05, 0) is 86.2 Å². The van der Waals surface area contributed by atoms with Crippen LogP contribution < -0.4 is 15.5 Å². The van der Waals surface area contributed by atoms with Gasteiger partial charge < -0.3 is 20.6 Å². The zero-order valence-corrected chi connectivity index (χ0v) is 18.8. The van der Waals surface area contributed by atoms with Gasteiger partial charge in [0, 0.05) is 17.8 Å². The fourth-order valence-electron chi connectivity index (χ4n) is 4.29. The number of carboxylic acids is 1. The third kappa shape index (κ3) is 4.73. The van der Waals surface area contributed by atoms with E-state index in [4.69, 9.17) is 0 Å². The van der Waals surface area contributed by atoms with E-state index >= 15 is 0 Å². The van der Waals surface area contributed by atoms with Crippen LogP contribution in [0.1, 0.15) is 41.6 Å². The third-order valence-corrected chi connectivity index (χ3v) is 6.24. The lowest BCUT2D eigenvalue weighted by Crippen LogP contribution is -2.30. The van der Waals surface area contributed by atoms with Gasteiger partial charge in [0.1, 0.15) is 5.82 Å². The standard InChI is InChI=1S/C27H26FN3O3/c1-16-2-6-19(7-3-16)29-27(34)30-24-14-17(23-15-18(28)5-12-22(23)26(32)33)4-13-25(24)31(20-8-9-20)21-10-11-21/h2-7,12-15,20-21H,8-11H2,1H3,(H,32,33)(H2,29,30,34). The van der Waals surface area contributed by atoms with Crippen molar-refractivity contribution in [3.05, 3.63) is 77.6 Å². The summed E-state index contributed by atoms with van der Waals surface area (Å²) >= 11 is 0. The molecule has 2 aliphatic rings. The smallest absolute Gasteiger partial charge is 0.336 e. The van der Waals surface area contributed by atoms with E-state index in [1.54, 1.807) is 12.1 Å². The highest BCUT2D eigenvalue weighted by Crippen LogP contribution is 2.45. The highest BCUT2D eigenvalue weighted by molar-refractivity contribution is 6.03. The first-order valence-corrected chi connectivity index (χ1v) is 11.5. The average molecular weight is 460 g/mol. The maximum atomic E-state index is 14.0. The van der Waals surface area contributed by atoms with E-state index in [2.05, 4.69) is 15.5 Å². The van der Waals surface area contributed by atoms with Crippen molar-refractivity contribution < 1.29 is 19.1 Å². The van der Waals surface area contributed by atoms with E-state index < -0.39 is 17.8 Å². The van der Waals surface area contributed by atoms with E-state index in [-0.39, 0.29) is 11.1 Å². The number of aromatic carboxylic acids is 1. The summed E-state index contributed by atoms with van der Waals surface area (Å²) in [6, 6.07) is 17.1. The molecule has 0 bridgehead atoms. The lowest BCUT2D eigenvalue weighted by molar-refractivity contribution is 0.0697. The number of halogens is 1. The fraction of sp³-hybridized carbons (Fsp3) is 0.259. The minimum atomic E-state index is -1.14. The van der Waals surface area contributed by atoms with Crippen LogP contribution in [0.2, 0.25) is 0 Å². The number of nitrogens with one attached hydrogen (secondary N) is 2. The number of urea groups is 1. The number of anilines is 3. The zero-order chi connectivity index (χ0) is 23.8. The maximum Gasteiger partial charge on any atom is 0.336 e. The predicted octanol–water partition coefficient (Wildman–Crippen LogP) is 6.27. The average Bonchev–Trinajstić information content (AvgIpc) is 3.72. The molecule has 0 spiro atoms. The Bertz CT molecular complexity index is 1240. The number of hydrogen-bond acceptors (Lipinski definition) is 3.